The number of hydrogen-bond acceptors (Lipinski definition) is 2. The maximum absolute atomic E-state index is 4.38. The minimum Gasteiger partial charge on any atom is -0.261 e. The first-order chi connectivity index (χ1) is 10.9. The molecular formula is C20H20N2. The van der Waals surface area contributed by atoms with Gasteiger partial charge in [0.15, 0.2) is 0 Å². The molecule has 0 fully saturated rings. The van der Waals surface area contributed by atoms with E-state index in [0.717, 1.165) is 37.1 Å². The summed E-state index contributed by atoms with van der Waals surface area (Å²) in [6, 6.07) is 21.1. The lowest BCUT2D eigenvalue weighted by Gasteiger charge is -2.06. The highest BCUT2D eigenvalue weighted by molar-refractivity contribution is 5.25. The van der Waals surface area contributed by atoms with Gasteiger partial charge in [-0.3, -0.25) is 9.97 Å². The van der Waals surface area contributed by atoms with Crippen LogP contribution in [0.25, 0.3) is 0 Å². The SMILES string of the molecule is c1ccc(CCc2cccc(CCc3ccccn3)c2)nc1. The topological polar surface area (TPSA) is 25.8 Å². The van der Waals surface area contributed by atoms with E-state index in [0.29, 0.717) is 0 Å². The van der Waals surface area contributed by atoms with Gasteiger partial charge < -0.3 is 0 Å². The monoisotopic (exact) mass is 288 g/mol. The first-order valence-electron chi connectivity index (χ1n) is 7.78. The second-order valence-electron chi connectivity index (χ2n) is 5.46. The molecule has 0 N–H and O–H groups in total. The highest BCUT2D eigenvalue weighted by Crippen LogP contribution is 2.11. The maximum atomic E-state index is 4.38. The molecule has 0 atom stereocenters. The van der Waals surface area contributed by atoms with Crippen LogP contribution < -0.4 is 0 Å². The Morgan fingerprint density at radius 3 is 1.55 bits per heavy atom. The van der Waals surface area contributed by atoms with Crippen molar-refractivity contribution in [1.82, 2.24) is 9.97 Å². The molecular weight excluding hydrogens is 268 g/mol. The lowest BCUT2D eigenvalue weighted by Crippen LogP contribution is -1.97. The van der Waals surface area contributed by atoms with Crippen LogP contribution in [-0.2, 0) is 25.7 Å². The van der Waals surface area contributed by atoms with Gasteiger partial charge in [0.2, 0.25) is 0 Å². The van der Waals surface area contributed by atoms with Crippen molar-refractivity contribution in [2.75, 3.05) is 0 Å². The van der Waals surface area contributed by atoms with Crippen LogP contribution in [-0.4, -0.2) is 9.97 Å². The molecule has 0 aliphatic rings. The minimum absolute atomic E-state index is 0.991. The number of aryl methyl sites for hydroxylation is 4. The predicted octanol–water partition coefficient (Wildman–Crippen LogP) is 4.05. The van der Waals surface area contributed by atoms with Crippen LogP contribution in [0.5, 0.6) is 0 Å². The molecule has 0 saturated heterocycles. The highest BCUT2D eigenvalue weighted by atomic mass is 14.7. The summed E-state index contributed by atoms with van der Waals surface area (Å²) in [4.78, 5) is 8.77. The summed E-state index contributed by atoms with van der Waals surface area (Å²) < 4.78 is 0. The summed E-state index contributed by atoms with van der Waals surface area (Å²) in [7, 11) is 0. The predicted molar refractivity (Wildman–Crippen MR) is 89.7 cm³/mol. The number of hydrogen-bond donors (Lipinski definition) is 0. The molecule has 2 nitrogen and oxygen atoms in total. The van der Waals surface area contributed by atoms with Crippen LogP contribution >= 0.6 is 0 Å². The molecule has 0 aliphatic heterocycles. The van der Waals surface area contributed by atoms with Crippen molar-refractivity contribution in [3.8, 4) is 0 Å². The maximum Gasteiger partial charge on any atom is 0.0406 e. The van der Waals surface area contributed by atoms with Crippen LogP contribution in [0, 0.1) is 0 Å². The molecule has 22 heavy (non-hydrogen) atoms. The van der Waals surface area contributed by atoms with E-state index in [1.165, 1.54) is 11.1 Å². The van der Waals surface area contributed by atoms with E-state index in [2.05, 4.69) is 46.4 Å². The largest absolute Gasteiger partial charge is 0.261 e. The second kappa shape index (κ2) is 7.51. The molecule has 0 aliphatic carbocycles. The minimum atomic E-state index is 0.991. The van der Waals surface area contributed by atoms with Gasteiger partial charge >= 0.3 is 0 Å². The zero-order valence-electron chi connectivity index (χ0n) is 12.7. The highest BCUT2D eigenvalue weighted by Gasteiger charge is 2.00. The van der Waals surface area contributed by atoms with Gasteiger partial charge in [0.25, 0.3) is 0 Å². The average molecular weight is 288 g/mol. The van der Waals surface area contributed by atoms with E-state index in [4.69, 9.17) is 0 Å². The third kappa shape index (κ3) is 4.26. The van der Waals surface area contributed by atoms with Gasteiger partial charge in [-0.2, -0.15) is 0 Å². The number of nitrogens with zero attached hydrogens (tertiary/aromatic N) is 2. The molecule has 0 spiro atoms. The fourth-order valence-electron chi connectivity index (χ4n) is 2.58. The molecule has 110 valence electrons. The Hall–Kier alpha value is -2.48. The number of aromatic nitrogens is 2. The summed E-state index contributed by atoms with van der Waals surface area (Å²) in [6.45, 7) is 0. The van der Waals surface area contributed by atoms with Gasteiger partial charge in [0.05, 0.1) is 0 Å². The van der Waals surface area contributed by atoms with E-state index in [1.54, 1.807) is 0 Å². The van der Waals surface area contributed by atoms with Crippen molar-refractivity contribution in [2.24, 2.45) is 0 Å². The van der Waals surface area contributed by atoms with Crippen molar-refractivity contribution in [3.63, 3.8) is 0 Å². The molecule has 0 unspecified atom stereocenters. The van der Waals surface area contributed by atoms with Crippen molar-refractivity contribution in [2.45, 2.75) is 25.7 Å². The number of rotatable bonds is 6. The Kier molecular flexibility index (Phi) is 4.93. The van der Waals surface area contributed by atoms with Gasteiger partial charge in [-0.15, -0.1) is 0 Å². The zero-order chi connectivity index (χ0) is 15.0. The van der Waals surface area contributed by atoms with Crippen LogP contribution in [0.15, 0.2) is 73.1 Å². The lowest BCUT2D eigenvalue weighted by molar-refractivity contribution is 0.891. The Morgan fingerprint density at radius 1 is 0.545 bits per heavy atom. The van der Waals surface area contributed by atoms with Crippen LogP contribution in [0.3, 0.4) is 0 Å². The average Bonchev–Trinajstić information content (AvgIpc) is 2.60. The summed E-state index contributed by atoms with van der Waals surface area (Å²) in [5.74, 6) is 0. The van der Waals surface area contributed by atoms with Crippen molar-refractivity contribution in [1.29, 1.82) is 0 Å². The standard InChI is InChI=1S/C20H20N2/c1-3-14-21-19(8-1)12-10-17-6-5-7-18(16-17)11-13-20-9-2-4-15-22-20/h1-9,14-16H,10-13H2. The van der Waals surface area contributed by atoms with Crippen molar-refractivity contribution >= 4 is 0 Å². The second-order valence-corrected chi connectivity index (χ2v) is 5.46. The fourth-order valence-corrected chi connectivity index (χ4v) is 2.58. The normalized spacial score (nSPS) is 10.5. The summed E-state index contributed by atoms with van der Waals surface area (Å²) in [5.41, 5.74) is 5.07. The van der Waals surface area contributed by atoms with Gasteiger partial charge in [-0.25, -0.2) is 0 Å². The summed E-state index contributed by atoms with van der Waals surface area (Å²) >= 11 is 0. The van der Waals surface area contributed by atoms with Crippen LogP contribution in [0.1, 0.15) is 22.5 Å². The van der Waals surface area contributed by atoms with E-state index < -0.39 is 0 Å². The molecule has 3 aromatic rings. The molecule has 0 radical (unpaired) electrons. The number of benzene rings is 1. The molecule has 2 aromatic heterocycles. The van der Waals surface area contributed by atoms with Gasteiger partial charge in [-0.1, -0.05) is 36.4 Å². The quantitative estimate of drug-likeness (QED) is 0.684. The molecule has 2 heteroatoms. The Labute approximate surface area is 131 Å². The van der Waals surface area contributed by atoms with Gasteiger partial charge in [0, 0.05) is 23.8 Å². The first-order valence-corrected chi connectivity index (χ1v) is 7.78. The van der Waals surface area contributed by atoms with E-state index in [1.807, 2.05) is 36.7 Å². The van der Waals surface area contributed by atoms with E-state index in [-0.39, 0.29) is 0 Å². The van der Waals surface area contributed by atoms with Crippen LogP contribution in [0.2, 0.25) is 0 Å². The third-order valence-electron chi connectivity index (χ3n) is 3.78. The third-order valence-corrected chi connectivity index (χ3v) is 3.78. The molecule has 2 heterocycles. The van der Waals surface area contributed by atoms with Gasteiger partial charge in [-0.05, 0) is 61.1 Å². The first kappa shape index (κ1) is 14.5. The summed E-state index contributed by atoms with van der Waals surface area (Å²) in [5, 5.41) is 0. The van der Waals surface area contributed by atoms with E-state index >= 15 is 0 Å². The summed E-state index contributed by atoms with van der Waals surface area (Å²) in [6.07, 6.45) is 7.77. The lowest BCUT2D eigenvalue weighted by atomic mass is 10.0. The van der Waals surface area contributed by atoms with Gasteiger partial charge in [0.1, 0.15) is 0 Å². The van der Waals surface area contributed by atoms with Crippen LogP contribution in [0.4, 0.5) is 0 Å². The fraction of sp³-hybridized carbons (Fsp3) is 0.200. The number of pyridine rings is 2. The molecule has 0 saturated carbocycles. The Bertz CT molecular complexity index is 634. The molecule has 0 amide bonds. The smallest absolute Gasteiger partial charge is 0.0406 e. The van der Waals surface area contributed by atoms with Crippen molar-refractivity contribution in [3.05, 3.63) is 95.6 Å². The Morgan fingerprint density at radius 2 is 1.09 bits per heavy atom. The molecule has 3 rings (SSSR count). The zero-order valence-corrected chi connectivity index (χ0v) is 12.7. The van der Waals surface area contributed by atoms with Crippen molar-refractivity contribution < 1.29 is 0 Å². The molecule has 0 bridgehead atoms. The van der Waals surface area contributed by atoms with E-state index in [9.17, 15) is 0 Å². The molecule has 1 aromatic carbocycles. The Balaban J connectivity index is 1.58.